The van der Waals surface area contributed by atoms with Crippen LogP contribution in [-0.2, 0) is 0 Å². The van der Waals surface area contributed by atoms with Crippen molar-refractivity contribution in [2.75, 3.05) is 6.54 Å². The molecule has 0 radical (unpaired) electrons. The molecular weight excluding hydrogens is 110 g/mol. The number of hydrogen-bond acceptors (Lipinski definition) is 1. The maximum absolute atomic E-state index is 3.55. The van der Waals surface area contributed by atoms with E-state index in [1.54, 1.807) is 0 Å². The Morgan fingerprint density at radius 1 is 1.11 bits per heavy atom. The quantitative estimate of drug-likeness (QED) is 0.481. The number of allylic oxidation sites excluding steroid dienone is 1. The molecule has 9 heavy (non-hydrogen) atoms. The lowest BCUT2D eigenvalue weighted by Crippen LogP contribution is -2.29. The second-order valence-electron chi connectivity index (χ2n) is 3.17. The van der Waals surface area contributed by atoms with Crippen molar-refractivity contribution >= 4 is 0 Å². The lowest BCUT2D eigenvalue weighted by molar-refractivity contribution is 0.504. The van der Waals surface area contributed by atoms with Gasteiger partial charge in [0, 0.05) is 12.1 Å². The predicted octanol–water partition coefficient (Wildman–Crippen LogP) is 1.46. The van der Waals surface area contributed by atoms with Crippen LogP contribution in [0.2, 0.25) is 0 Å². The second-order valence-corrected chi connectivity index (χ2v) is 3.17. The van der Waals surface area contributed by atoms with E-state index in [0.29, 0.717) is 5.54 Å². The lowest BCUT2D eigenvalue weighted by Gasteiger charge is -2.11. The van der Waals surface area contributed by atoms with Crippen molar-refractivity contribution in [3.05, 3.63) is 12.2 Å². The van der Waals surface area contributed by atoms with Crippen LogP contribution in [0.5, 0.6) is 0 Å². The van der Waals surface area contributed by atoms with Gasteiger partial charge < -0.3 is 5.32 Å². The summed E-state index contributed by atoms with van der Waals surface area (Å²) in [5.74, 6) is 0. The minimum absolute atomic E-state index is 0.601. The van der Waals surface area contributed by atoms with Crippen LogP contribution in [-0.4, -0.2) is 12.1 Å². The van der Waals surface area contributed by atoms with Crippen molar-refractivity contribution in [1.29, 1.82) is 0 Å². The van der Waals surface area contributed by atoms with Crippen LogP contribution >= 0.6 is 0 Å². The summed E-state index contributed by atoms with van der Waals surface area (Å²) in [5, 5.41) is 3.55. The lowest BCUT2D eigenvalue weighted by atomic mass is 10.1. The highest BCUT2D eigenvalue weighted by Crippen LogP contribution is 2.40. The summed E-state index contributed by atoms with van der Waals surface area (Å²) in [6, 6.07) is 0. The minimum atomic E-state index is 0.601. The van der Waals surface area contributed by atoms with E-state index < -0.39 is 0 Å². The first-order valence-electron chi connectivity index (χ1n) is 3.81. The van der Waals surface area contributed by atoms with Crippen molar-refractivity contribution in [2.24, 2.45) is 0 Å². The standard InChI is InChI=1S/C8H13N/c1-2-4-8(5-6-8)9-7-3-1/h1,3,9H,2,4-7H2. The predicted molar refractivity (Wildman–Crippen MR) is 38.3 cm³/mol. The fourth-order valence-corrected chi connectivity index (χ4v) is 1.50. The summed E-state index contributed by atoms with van der Waals surface area (Å²) in [6.07, 6.45) is 10.0. The number of rotatable bonds is 0. The van der Waals surface area contributed by atoms with Gasteiger partial charge in [0.15, 0.2) is 0 Å². The molecule has 0 saturated heterocycles. The van der Waals surface area contributed by atoms with Gasteiger partial charge in [-0.05, 0) is 25.7 Å². The Bertz CT molecular complexity index is 122. The molecule has 0 aromatic carbocycles. The van der Waals surface area contributed by atoms with Crippen LogP contribution in [0.4, 0.5) is 0 Å². The topological polar surface area (TPSA) is 12.0 Å². The van der Waals surface area contributed by atoms with Gasteiger partial charge in [-0.25, -0.2) is 0 Å². The highest BCUT2D eigenvalue weighted by atomic mass is 15.0. The monoisotopic (exact) mass is 123 g/mol. The van der Waals surface area contributed by atoms with E-state index in [0.717, 1.165) is 6.54 Å². The van der Waals surface area contributed by atoms with Crippen LogP contribution in [0.3, 0.4) is 0 Å². The van der Waals surface area contributed by atoms with E-state index in [9.17, 15) is 0 Å². The average molecular weight is 123 g/mol. The first kappa shape index (κ1) is 5.48. The molecule has 1 heteroatoms. The fourth-order valence-electron chi connectivity index (χ4n) is 1.50. The van der Waals surface area contributed by atoms with E-state index in [1.165, 1.54) is 25.7 Å². The molecule has 2 rings (SSSR count). The SMILES string of the molecule is C1=CCNC2(CC1)CC2. The summed E-state index contributed by atoms with van der Waals surface area (Å²) < 4.78 is 0. The molecule has 1 nitrogen and oxygen atoms in total. The van der Waals surface area contributed by atoms with Crippen LogP contribution < -0.4 is 5.32 Å². The van der Waals surface area contributed by atoms with Gasteiger partial charge in [0.05, 0.1) is 0 Å². The van der Waals surface area contributed by atoms with Crippen LogP contribution in [0.15, 0.2) is 12.2 Å². The summed E-state index contributed by atoms with van der Waals surface area (Å²) in [6.45, 7) is 1.10. The van der Waals surface area contributed by atoms with Crippen molar-refractivity contribution < 1.29 is 0 Å². The van der Waals surface area contributed by atoms with E-state index in [1.807, 2.05) is 0 Å². The van der Waals surface area contributed by atoms with Gasteiger partial charge in [-0.1, -0.05) is 12.2 Å². The van der Waals surface area contributed by atoms with Gasteiger partial charge in [-0.15, -0.1) is 0 Å². The van der Waals surface area contributed by atoms with E-state index in [4.69, 9.17) is 0 Å². The van der Waals surface area contributed by atoms with Gasteiger partial charge in [-0.2, -0.15) is 0 Å². The Labute approximate surface area is 56.1 Å². The molecule has 2 aliphatic rings. The van der Waals surface area contributed by atoms with Crippen LogP contribution in [0.25, 0.3) is 0 Å². The molecule has 0 atom stereocenters. The maximum atomic E-state index is 3.55. The smallest absolute Gasteiger partial charge is 0.0188 e. The highest BCUT2D eigenvalue weighted by molar-refractivity contribution is 5.07. The third-order valence-electron chi connectivity index (χ3n) is 2.40. The molecule has 1 N–H and O–H groups in total. The molecular formula is C8H13N. The van der Waals surface area contributed by atoms with E-state index >= 15 is 0 Å². The fraction of sp³-hybridized carbons (Fsp3) is 0.750. The van der Waals surface area contributed by atoms with Crippen molar-refractivity contribution in [3.63, 3.8) is 0 Å². The summed E-state index contributed by atoms with van der Waals surface area (Å²) in [7, 11) is 0. The minimum Gasteiger partial charge on any atom is -0.308 e. The Balaban J connectivity index is 1.98. The van der Waals surface area contributed by atoms with E-state index in [2.05, 4.69) is 17.5 Å². The molecule has 50 valence electrons. The van der Waals surface area contributed by atoms with Crippen molar-refractivity contribution in [2.45, 2.75) is 31.2 Å². The van der Waals surface area contributed by atoms with Crippen LogP contribution in [0, 0.1) is 0 Å². The maximum Gasteiger partial charge on any atom is 0.0188 e. The third kappa shape index (κ3) is 1.01. The van der Waals surface area contributed by atoms with Gasteiger partial charge in [-0.3, -0.25) is 0 Å². The first-order valence-corrected chi connectivity index (χ1v) is 3.81. The van der Waals surface area contributed by atoms with Gasteiger partial charge in [0.1, 0.15) is 0 Å². The second kappa shape index (κ2) is 1.84. The molecule has 0 aromatic rings. The molecule has 1 spiro atoms. The molecule has 0 amide bonds. The van der Waals surface area contributed by atoms with Gasteiger partial charge in [0.2, 0.25) is 0 Å². The Morgan fingerprint density at radius 2 is 2.00 bits per heavy atom. The number of nitrogens with one attached hydrogen (secondary N) is 1. The summed E-state index contributed by atoms with van der Waals surface area (Å²) in [4.78, 5) is 0. The Kier molecular flexibility index (Phi) is 1.12. The Morgan fingerprint density at radius 3 is 2.78 bits per heavy atom. The van der Waals surface area contributed by atoms with Gasteiger partial charge in [0.25, 0.3) is 0 Å². The summed E-state index contributed by atoms with van der Waals surface area (Å²) in [5.41, 5.74) is 0.601. The zero-order chi connectivity index (χ0) is 6.16. The van der Waals surface area contributed by atoms with Crippen molar-refractivity contribution in [1.82, 2.24) is 5.32 Å². The van der Waals surface area contributed by atoms with Crippen LogP contribution in [0.1, 0.15) is 25.7 Å². The Hall–Kier alpha value is -0.300. The van der Waals surface area contributed by atoms with Crippen molar-refractivity contribution in [3.8, 4) is 0 Å². The molecule has 1 aliphatic heterocycles. The highest BCUT2D eigenvalue weighted by Gasteiger charge is 2.41. The first-order chi connectivity index (χ1) is 4.41. The summed E-state index contributed by atoms with van der Waals surface area (Å²) >= 11 is 0. The zero-order valence-electron chi connectivity index (χ0n) is 5.69. The molecule has 0 aromatic heterocycles. The molecule has 1 aliphatic carbocycles. The van der Waals surface area contributed by atoms with Gasteiger partial charge >= 0.3 is 0 Å². The third-order valence-corrected chi connectivity index (χ3v) is 2.40. The molecule has 1 fully saturated rings. The molecule has 1 heterocycles. The average Bonchev–Trinajstić information content (AvgIpc) is 2.64. The van der Waals surface area contributed by atoms with E-state index in [-0.39, 0.29) is 0 Å². The molecule has 1 saturated carbocycles. The number of hydrogen-bond donors (Lipinski definition) is 1. The molecule has 0 bridgehead atoms. The zero-order valence-corrected chi connectivity index (χ0v) is 5.69. The largest absolute Gasteiger partial charge is 0.308 e. The molecule has 0 unspecified atom stereocenters. The normalized spacial score (nSPS) is 30.2.